The minimum atomic E-state index is -1.04. The highest BCUT2D eigenvalue weighted by Crippen LogP contribution is 2.40. The molecule has 8 nitrogen and oxygen atoms in total. The Kier molecular flexibility index (Phi) is 5.18. The van der Waals surface area contributed by atoms with Crippen LogP contribution in [0.25, 0.3) is 0 Å². The highest BCUT2D eigenvalue weighted by atomic mass is 16.6. The first-order chi connectivity index (χ1) is 11.4. The lowest BCUT2D eigenvalue weighted by Crippen LogP contribution is -2.30. The van der Waals surface area contributed by atoms with Crippen molar-refractivity contribution in [2.24, 2.45) is 0 Å². The number of nitro groups is 1. The van der Waals surface area contributed by atoms with Gasteiger partial charge in [0.15, 0.2) is 0 Å². The zero-order valence-corrected chi connectivity index (χ0v) is 13.5. The quantitative estimate of drug-likeness (QED) is 0.461. The minimum Gasteiger partial charge on any atom is -0.482 e. The van der Waals surface area contributed by atoms with Gasteiger partial charge in [0.2, 0.25) is 6.10 Å². The number of benzene rings is 1. The number of carbonyl (C=O) groups is 2. The number of hydrogen-bond acceptors (Lipinski definition) is 7. The molecule has 24 heavy (non-hydrogen) atoms. The van der Waals surface area contributed by atoms with Gasteiger partial charge in [0, 0.05) is 12.1 Å². The number of methoxy groups -OCH3 is 1. The van der Waals surface area contributed by atoms with Crippen molar-refractivity contribution < 1.29 is 28.7 Å². The molecule has 0 amide bonds. The van der Waals surface area contributed by atoms with Gasteiger partial charge in [-0.05, 0) is 19.4 Å². The summed E-state index contributed by atoms with van der Waals surface area (Å²) in [5.74, 6) is -1.72. The van der Waals surface area contributed by atoms with Crippen LogP contribution in [0.3, 0.4) is 0 Å². The molecule has 1 aliphatic heterocycles. The van der Waals surface area contributed by atoms with Crippen molar-refractivity contribution in [1.82, 2.24) is 0 Å². The van der Waals surface area contributed by atoms with Crippen LogP contribution in [-0.4, -0.2) is 36.7 Å². The Hall–Kier alpha value is -2.90. The summed E-state index contributed by atoms with van der Waals surface area (Å²) in [6.45, 7) is 3.39. The van der Waals surface area contributed by atoms with Crippen LogP contribution >= 0.6 is 0 Å². The van der Waals surface area contributed by atoms with Crippen LogP contribution in [0, 0.1) is 10.1 Å². The van der Waals surface area contributed by atoms with Crippen molar-refractivity contribution in [1.29, 1.82) is 0 Å². The first-order valence-corrected chi connectivity index (χ1v) is 7.27. The highest BCUT2D eigenvalue weighted by Gasteiger charge is 2.45. The molecule has 0 aromatic heterocycles. The van der Waals surface area contributed by atoms with Crippen LogP contribution in [0.5, 0.6) is 0 Å². The standard InChI is InChI=1S/C16H17NO7/c1-4-23-16(19)14-13(12(9(2)24-14)15(18)22-3)10-5-7-11(8-6-10)17(20)21/h5-8,13-14H,4H2,1-3H3/t13-,14-/m0/s1. The number of hydrogen-bond donors (Lipinski definition) is 0. The smallest absolute Gasteiger partial charge is 0.348 e. The molecule has 1 aromatic rings. The van der Waals surface area contributed by atoms with Crippen LogP contribution in [0.15, 0.2) is 35.6 Å². The summed E-state index contributed by atoms with van der Waals surface area (Å²) < 4.78 is 15.3. The zero-order chi connectivity index (χ0) is 17.9. The van der Waals surface area contributed by atoms with Crippen LogP contribution in [0.2, 0.25) is 0 Å². The van der Waals surface area contributed by atoms with E-state index in [9.17, 15) is 19.7 Å². The normalized spacial score (nSPS) is 19.6. The third-order valence-corrected chi connectivity index (χ3v) is 3.68. The minimum absolute atomic E-state index is 0.0920. The molecule has 0 radical (unpaired) electrons. The van der Waals surface area contributed by atoms with Crippen molar-refractivity contribution in [3.63, 3.8) is 0 Å². The van der Waals surface area contributed by atoms with Crippen LogP contribution in [-0.2, 0) is 23.8 Å². The van der Waals surface area contributed by atoms with Crippen LogP contribution in [0.4, 0.5) is 5.69 Å². The molecule has 1 aromatic carbocycles. The lowest BCUT2D eigenvalue weighted by molar-refractivity contribution is -0.384. The van der Waals surface area contributed by atoms with Crippen molar-refractivity contribution in [3.8, 4) is 0 Å². The molecule has 1 aliphatic rings. The third kappa shape index (κ3) is 3.22. The van der Waals surface area contributed by atoms with E-state index >= 15 is 0 Å². The van der Waals surface area contributed by atoms with Gasteiger partial charge < -0.3 is 14.2 Å². The molecule has 1 heterocycles. The summed E-state index contributed by atoms with van der Waals surface area (Å²) in [5.41, 5.74) is 0.631. The molecule has 0 saturated carbocycles. The summed E-state index contributed by atoms with van der Waals surface area (Å²) in [4.78, 5) is 34.5. The zero-order valence-electron chi connectivity index (χ0n) is 13.5. The van der Waals surface area contributed by atoms with Crippen molar-refractivity contribution >= 4 is 17.6 Å². The maximum Gasteiger partial charge on any atom is 0.348 e. The monoisotopic (exact) mass is 335 g/mol. The molecule has 0 aliphatic carbocycles. The Morgan fingerprint density at radius 2 is 1.92 bits per heavy atom. The molecule has 0 bridgehead atoms. The molecule has 8 heteroatoms. The molecule has 2 rings (SSSR count). The van der Waals surface area contributed by atoms with Gasteiger partial charge in [-0.2, -0.15) is 0 Å². The topological polar surface area (TPSA) is 105 Å². The predicted octanol–water partition coefficient (Wildman–Crippen LogP) is 2.09. The van der Waals surface area contributed by atoms with E-state index in [-0.39, 0.29) is 23.6 Å². The molecular formula is C16H17NO7. The Morgan fingerprint density at radius 1 is 1.29 bits per heavy atom. The molecule has 0 unspecified atom stereocenters. The fourth-order valence-electron chi connectivity index (χ4n) is 2.63. The van der Waals surface area contributed by atoms with E-state index in [1.165, 1.54) is 31.4 Å². The largest absolute Gasteiger partial charge is 0.482 e. The number of allylic oxidation sites excluding steroid dienone is 1. The van der Waals surface area contributed by atoms with Gasteiger partial charge in [-0.25, -0.2) is 9.59 Å². The number of nitro benzene ring substituents is 1. The summed E-state index contributed by atoms with van der Waals surface area (Å²) in [7, 11) is 1.23. The van der Waals surface area contributed by atoms with Crippen LogP contribution in [0.1, 0.15) is 25.3 Å². The maximum absolute atomic E-state index is 12.2. The van der Waals surface area contributed by atoms with Gasteiger partial charge in [-0.3, -0.25) is 10.1 Å². The third-order valence-electron chi connectivity index (χ3n) is 3.68. The van der Waals surface area contributed by atoms with Gasteiger partial charge in [-0.15, -0.1) is 0 Å². The fraction of sp³-hybridized carbons (Fsp3) is 0.375. The second kappa shape index (κ2) is 7.12. The summed E-state index contributed by atoms with van der Waals surface area (Å²) in [6, 6.07) is 5.58. The van der Waals surface area contributed by atoms with Gasteiger partial charge in [0.05, 0.1) is 30.1 Å². The van der Waals surface area contributed by atoms with Crippen LogP contribution < -0.4 is 0 Å². The van der Waals surface area contributed by atoms with Gasteiger partial charge >= 0.3 is 11.9 Å². The molecule has 0 spiro atoms. The number of rotatable bonds is 5. The van der Waals surface area contributed by atoms with E-state index in [2.05, 4.69) is 0 Å². The molecule has 0 N–H and O–H groups in total. The van der Waals surface area contributed by atoms with E-state index in [1.54, 1.807) is 13.8 Å². The number of ether oxygens (including phenoxy) is 3. The number of esters is 2. The van der Waals surface area contributed by atoms with Gasteiger partial charge in [0.25, 0.3) is 5.69 Å². The average molecular weight is 335 g/mol. The summed E-state index contributed by atoms with van der Waals surface area (Å²) >= 11 is 0. The molecular weight excluding hydrogens is 318 g/mol. The van der Waals surface area contributed by atoms with E-state index in [1.807, 2.05) is 0 Å². The molecule has 0 saturated heterocycles. The van der Waals surface area contributed by atoms with Crippen molar-refractivity contribution in [2.45, 2.75) is 25.9 Å². The summed E-state index contributed by atoms with van der Waals surface area (Å²) in [5, 5.41) is 10.8. The van der Waals surface area contributed by atoms with Gasteiger partial charge in [-0.1, -0.05) is 12.1 Å². The van der Waals surface area contributed by atoms with E-state index in [0.717, 1.165) is 0 Å². The highest BCUT2D eigenvalue weighted by molar-refractivity contribution is 5.94. The van der Waals surface area contributed by atoms with E-state index < -0.39 is 28.9 Å². The Bertz CT molecular complexity index is 693. The van der Waals surface area contributed by atoms with E-state index in [4.69, 9.17) is 14.2 Å². The van der Waals surface area contributed by atoms with Gasteiger partial charge in [0.1, 0.15) is 5.76 Å². The lowest BCUT2D eigenvalue weighted by atomic mass is 9.87. The number of non-ortho nitro benzene ring substituents is 1. The van der Waals surface area contributed by atoms with E-state index in [0.29, 0.717) is 5.56 Å². The number of carbonyl (C=O) groups excluding carboxylic acids is 2. The maximum atomic E-state index is 12.2. The fourth-order valence-corrected chi connectivity index (χ4v) is 2.63. The second-order valence-electron chi connectivity index (χ2n) is 5.08. The lowest BCUT2D eigenvalue weighted by Gasteiger charge is -2.19. The summed E-state index contributed by atoms with van der Waals surface area (Å²) in [6.07, 6.45) is -1.04. The molecule has 128 valence electrons. The SMILES string of the molecule is CCOC(=O)[C@H]1OC(C)=C(C(=O)OC)[C@@H]1c1ccc([N+](=O)[O-])cc1. The molecule has 0 fully saturated rings. The second-order valence-corrected chi connectivity index (χ2v) is 5.08. The first kappa shape index (κ1) is 17.5. The predicted molar refractivity (Wildman–Crippen MR) is 82.1 cm³/mol. The Labute approximate surface area is 138 Å². The average Bonchev–Trinajstić information content (AvgIpc) is 2.92. The number of nitrogens with zero attached hydrogens (tertiary/aromatic N) is 1. The molecule has 2 atom stereocenters. The van der Waals surface area contributed by atoms with Crippen molar-refractivity contribution in [2.75, 3.05) is 13.7 Å². The first-order valence-electron chi connectivity index (χ1n) is 7.27. The van der Waals surface area contributed by atoms with Crippen molar-refractivity contribution in [3.05, 3.63) is 51.3 Å². The Balaban J connectivity index is 2.45. The Morgan fingerprint density at radius 3 is 2.42 bits per heavy atom.